The van der Waals surface area contributed by atoms with E-state index in [1.165, 1.54) is 11.1 Å². The second-order valence-corrected chi connectivity index (χ2v) is 6.69. The van der Waals surface area contributed by atoms with Gasteiger partial charge in [-0.2, -0.15) is 0 Å². The number of para-hydroxylation sites is 1. The molecule has 2 aromatic heterocycles. The van der Waals surface area contributed by atoms with Crippen LogP contribution in [0.4, 0.5) is 5.82 Å². The van der Waals surface area contributed by atoms with Crippen LogP contribution in [0.2, 0.25) is 0 Å². The van der Waals surface area contributed by atoms with Crippen molar-refractivity contribution in [3.63, 3.8) is 0 Å². The Bertz CT molecular complexity index is 908. The van der Waals surface area contributed by atoms with Gasteiger partial charge in [0.1, 0.15) is 17.9 Å². The fourth-order valence-corrected chi connectivity index (χ4v) is 3.23. The third kappa shape index (κ3) is 3.38. The third-order valence-corrected chi connectivity index (χ3v) is 4.74. The van der Waals surface area contributed by atoms with Gasteiger partial charge in [-0.1, -0.05) is 25.1 Å². The van der Waals surface area contributed by atoms with Gasteiger partial charge in [0.15, 0.2) is 0 Å². The Labute approximate surface area is 153 Å². The monoisotopic (exact) mass is 346 g/mol. The molecular weight excluding hydrogens is 324 g/mol. The van der Waals surface area contributed by atoms with E-state index in [2.05, 4.69) is 45.4 Å². The van der Waals surface area contributed by atoms with Crippen molar-refractivity contribution in [2.75, 3.05) is 18.5 Å². The molecule has 0 amide bonds. The van der Waals surface area contributed by atoms with E-state index >= 15 is 0 Å². The first-order chi connectivity index (χ1) is 12.7. The van der Waals surface area contributed by atoms with E-state index in [0.717, 1.165) is 48.1 Å². The first-order valence-electron chi connectivity index (χ1n) is 8.94. The number of aromatic nitrogens is 3. The summed E-state index contributed by atoms with van der Waals surface area (Å²) < 4.78 is 5.83. The molecule has 1 aliphatic rings. The predicted molar refractivity (Wildman–Crippen MR) is 103 cm³/mol. The van der Waals surface area contributed by atoms with Crippen molar-refractivity contribution in [1.29, 1.82) is 0 Å². The number of pyridine rings is 1. The van der Waals surface area contributed by atoms with Crippen molar-refractivity contribution in [1.82, 2.24) is 15.0 Å². The van der Waals surface area contributed by atoms with Gasteiger partial charge in [0.2, 0.25) is 0 Å². The minimum absolute atomic E-state index is 0.322. The maximum absolute atomic E-state index is 5.83. The molecule has 0 bridgehead atoms. The zero-order chi connectivity index (χ0) is 17.9. The number of nitrogens with zero attached hydrogens (tertiary/aromatic N) is 3. The van der Waals surface area contributed by atoms with Crippen LogP contribution in [0, 0.1) is 6.92 Å². The summed E-state index contributed by atoms with van der Waals surface area (Å²) in [7, 11) is 0. The molecule has 5 nitrogen and oxygen atoms in total. The van der Waals surface area contributed by atoms with Crippen molar-refractivity contribution in [2.45, 2.75) is 26.2 Å². The SMILES string of the molecule is Cc1ccc(-c2cc(NC[C@@H](C)c3cccc4c3OCC4)ncn2)cn1. The lowest BCUT2D eigenvalue weighted by molar-refractivity contribution is 0.352. The van der Waals surface area contributed by atoms with Crippen LogP contribution in [0.25, 0.3) is 11.3 Å². The van der Waals surface area contributed by atoms with E-state index in [-0.39, 0.29) is 0 Å². The van der Waals surface area contributed by atoms with Gasteiger partial charge in [0, 0.05) is 42.4 Å². The molecule has 0 fully saturated rings. The molecule has 4 rings (SSSR count). The Morgan fingerprint density at radius 2 is 2.08 bits per heavy atom. The van der Waals surface area contributed by atoms with Crippen LogP contribution in [0.15, 0.2) is 48.9 Å². The zero-order valence-corrected chi connectivity index (χ0v) is 15.1. The van der Waals surface area contributed by atoms with E-state index in [9.17, 15) is 0 Å². The van der Waals surface area contributed by atoms with Gasteiger partial charge >= 0.3 is 0 Å². The molecule has 3 aromatic rings. The summed E-state index contributed by atoms with van der Waals surface area (Å²) in [5, 5.41) is 3.43. The fraction of sp³-hybridized carbons (Fsp3) is 0.286. The Hall–Kier alpha value is -2.95. The number of benzene rings is 1. The van der Waals surface area contributed by atoms with Gasteiger partial charge < -0.3 is 10.1 Å². The van der Waals surface area contributed by atoms with Crippen LogP contribution in [-0.2, 0) is 6.42 Å². The molecule has 1 N–H and O–H groups in total. The van der Waals surface area contributed by atoms with Crippen LogP contribution >= 0.6 is 0 Å². The summed E-state index contributed by atoms with van der Waals surface area (Å²) >= 11 is 0. The number of fused-ring (bicyclic) bond motifs is 1. The molecule has 132 valence electrons. The molecular formula is C21H22N4O. The summed E-state index contributed by atoms with van der Waals surface area (Å²) in [4.78, 5) is 13.0. The molecule has 26 heavy (non-hydrogen) atoms. The van der Waals surface area contributed by atoms with Crippen molar-refractivity contribution in [2.24, 2.45) is 0 Å². The van der Waals surface area contributed by atoms with Gasteiger partial charge in [-0.05, 0) is 30.2 Å². The van der Waals surface area contributed by atoms with Gasteiger partial charge in [-0.3, -0.25) is 4.98 Å². The summed E-state index contributed by atoms with van der Waals surface area (Å²) in [5.74, 6) is 2.20. The highest BCUT2D eigenvalue weighted by Crippen LogP contribution is 2.34. The molecule has 1 atom stereocenters. The van der Waals surface area contributed by atoms with Gasteiger partial charge in [0.05, 0.1) is 12.3 Å². The number of hydrogen-bond donors (Lipinski definition) is 1. The van der Waals surface area contributed by atoms with Gasteiger partial charge in [0.25, 0.3) is 0 Å². The molecule has 0 unspecified atom stereocenters. The van der Waals surface area contributed by atoms with Crippen LogP contribution in [0.5, 0.6) is 5.75 Å². The van der Waals surface area contributed by atoms with Crippen LogP contribution < -0.4 is 10.1 Å². The Balaban J connectivity index is 1.47. The van der Waals surface area contributed by atoms with E-state index in [0.29, 0.717) is 5.92 Å². The van der Waals surface area contributed by atoms with Crippen LogP contribution in [-0.4, -0.2) is 28.1 Å². The first-order valence-corrected chi connectivity index (χ1v) is 8.94. The molecule has 0 saturated carbocycles. The van der Waals surface area contributed by atoms with Crippen molar-refractivity contribution >= 4 is 5.82 Å². The maximum atomic E-state index is 5.83. The predicted octanol–water partition coefficient (Wildman–Crippen LogP) is 4.00. The maximum Gasteiger partial charge on any atom is 0.129 e. The molecule has 0 radical (unpaired) electrons. The van der Waals surface area contributed by atoms with Gasteiger partial charge in [-0.25, -0.2) is 9.97 Å². The molecule has 0 aliphatic carbocycles. The topological polar surface area (TPSA) is 59.9 Å². The summed E-state index contributed by atoms with van der Waals surface area (Å²) in [6, 6.07) is 12.4. The second kappa shape index (κ2) is 7.12. The number of aryl methyl sites for hydroxylation is 1. The summed E-state index contributed by atoms with van der Waals surface area (Å²) in [6.45, 7) is 5.74. The lowest BCUT2D eigenvalue weighted by Gasteiger charge is -2.16. The normalized spacial score (nSPS) is 13.8. The van der Waals surface area contributed by atoms with E-state index in [1.54, 1.807) is 6.33 Å². The van der Waals surface area contributed by atoms with Crippen molar-refractivity contribution in [3.8, 4) is 17.0 Å². The summed E-state index contributed by atoms with van der Waals surface area (Å²) in [5.41, 5.74) is 5.41. The molecule has 0 spiro atoms. The lowest BCUT2D eigenvalue weighted by Crippen LogP contribution is -2.12. The Kier molecular flexibility index (Phi) is 4.52. The minimum atomic E-state index is 0.322. The summed E-state index contributed by atoms with van der Waals surface area (Å²) in [6.07, 6.45) is 4.43. The fourth-order valence-electron chi connectivity index (χ4n) is 3.23. The van der Waals surface area contributed by atoms with Crippen LogP contribution in [0.3, 0.4) is 0 Å². The molecule has 3 heterocycles. The number of anilines is 1. The zero-order valence-electron chi connectivity index (χ0n) is 15.1. The quantitative estimate of drug-likeness (QED) is 0.757. The molecule has 0 saturated heterocycles. The van der Waals surface area contributed by atoms with E-state index in [4.69, 9.17) is 4.74 Å². The minimum Gasteiger partial charge on any atom is -0.493 e. The number of nitrogens with one attached hydrogen (secondary N) is 1. The number of rotatable bonds is 5. The highest BCUT2D eigenvalue weighted by atomic mass is 16.5. The van der Waals surface area contributed by atoms with Crippen molar-refractivity contribution in [3.05, 3.63) is 65.7 Å². The highest BCUT2D eigenvalue weighted by Gasteiger charge is 2.19. The molecule has 1 aliphatic heterocycles. The number of hydrogen-bond acceptors (Lipinski definition) is 5. The average molecular weight is 346 g/mol. The Morgan fingerprint density at radius 1 is 1.15 bits per heavy atom. The van der Waals surface area contributed by atoms with Crippen LogP contribution in [0.1, 0.15) is 29.7 Å². The average Bonchev–Trinajstić information content (AvgIpc) is 3.16. The lowest BCUT2D eigenvalue weighted by atomic mass is 9.97. The van der Waals surface area contributed by atoms with Gasteiger partial charge in [-0.15, -0.1) is 0 Å². The highest BCUT2D eigenvalue weighted by molar-refractivity contribution is 5.61. The smallest absolute Gasteiger partial charge is 0.129 e. The van der Waals surface area contributed by atoms with Crippen molar-refractivity contribution < 1.29 is 4.74 Å². The van der Waals surface area contributed by atoms with E-state index < -0.39 is 0 Å². The largest absolute Gasteiger partial charge is 0.493 e. The molecule has 5 heteroatoms. The third-order valence-electron chi connectivity index (χ3n) is 4.74. The second-order valence-electron chi connectivity index (χ2n) is 6.69. The molecule has 1 aromatic carbocycles. The Morgan fingerprint density at radius 3 is 2.92 bits per heavy atom. The standard InChI is InChI=1S/C21H22N4O/c1-14(18-5-3-4-16-8-9-26-21(16)18)11-23-20-10-19(24-13-25-20)17-7-6-15(2)22-12-17/h3-7,10,12-14H,8-9,11H2,1-2H3,(H,23,24,25)/t14-/m1/s1. The number of ether oxygens (including phenoxy) is 1. The van der Waals surface area contributed by atoms with E-state index in [1.807, 2.05) is 31.3 Å². The first kappa shape index (κ1) is 16.5.